The van der Waals surface area contributed by atoms with Crippen molar-refractivity contribution < 1.29 is 18.3 Å². The van der Waals surface area contributed by atoms with Crippen LogP contribution in [0.1, 0.15) is 21.6 Å². The van der Waals surface area contributed by atoms with Crippen molar-refractivity contribution in [3.05, 3.63) is 87.3 Å². The smallest absolute Gasteiger partial charge is 0.338 e. The topological polar surface area (TPSA) is 64.1 Å². The first-order valence-electron chi connectivity index (χ1n) is 7.95. The number of hydrogen-bond donors (Lipinski definition) is 1. The van der Waals surface area contributed by atoms with Gasteiger partial charge in [-0.05, 0) is 55.5 Å². The van der Waals surface area contributed by atoms with Gasteiger partial charge < -0.3 is 4.74 Å². The highest BCUT2D eigenvalue weighted by molar-refractivity contribution is 5.89. The number of aromatic nitrogens is 2. The molecule has 0 amide bonds. The lowest BCUT2D eigenvalue weighted by atomic mass is 10.2. The van der Waals surface area contributed by atoms with Gasteiger partial charge in [-0.1, -0.05) is 0 Å². The lowest BCUT2D eigenvalue weighted by molar-refractivity contribution is 0.0509. The molecule has 5 nitrogen and oxygen atoms in total. The summed E-state index contributed by atoms with van der Waals surface area (Å²) in [5, 5.41) is 2.92. The fourth-order valence-corrected chi connectivity index (χ4v) is 2.56. The zero-order chi connectivity index (χ0) is 18.7. The predicted molar refractivity (Wildman–Crippen MR) is 91.5 cm³/mol. The molecule has 0 atom stereocenters. The molecular formula is C19H16F2N2O3. The van der Waals surface area contributed by atoms with E-state index in [0.717, 1.165) is 0 Å². The summed E-state index contributed by atoms with van der Waals surface area (Å²) in [5.41, 5.74) is 1.57. The van der Waals surface area contributed by atoms with Crippen molar-refractivity contribution in [1.29, 1.82) is 0 Å². The standard InChI is InChI=1S/C19H16F2N2O3/c1-12-17(10-11-26-19(25)13-2-4-14(20)5-3-13)18(24)23(22-12)16-8-6-15(21)7-9-16/h2-9,22H,10-11H2,1H3. The number of esters is 1. The van der Waals surface area contributed by atoms with Crippen molar-refractivity contribution in [2.24, 2.45) is 0 Å². The second-order valence-electron chi connectivity index (χ2n) is 5.73. The summed E-state index contributed by atoms with van der Waals surface area (Å²) in [6.07, 6.45) is 0.225. The van der Waals surface area contributed by atoms with E-state index in [0.29, 0.717) is 16.9 Å². The fourth-order valence-electron chi connectivity index (χ4n) is 2.56. The number of H-pyrrole nitrogens is 1. The molecule has 1 aromatic heterocycles. The molecule has 7 heteroatoms. The van der Waals surface area contributed by atoms with Gasteiger partial charge in [0.25, 0.3) is 5.56 Å². The number of carbonyl (C=O) groups is 1. The average Bonchev–Trinajstić information content (AvgIpc) is 2.91. The van der Waals surface area contributed by atoms with E-state index in [4.69, 9.17) is 4.74 Å². The van der Waals surface area contributed by atoms with Gasteiger partial charge in [-0.25, -0.2) is 18.3 Å². The van der Waals surface area contributed by atoms with E-state index < -0.39 is 17.6 Å². The molecule has 3 aromatic rings. The molecule has 2 aromatic carbocycles. The molecule has 0 aliphatic heterocycles. The molecule has 0 aliphatic rings. The Balaban J connectivity index is 1.69. The number of carbonyl (C=O) groups excluding carboxylic acids is 1. The molecule has 0 fully saturated rings. The average molecular weight is 358 g/mol. The van der Waals surface area contributed by atoms with E-state index in [1.54, 1.807) is 6.92 Å². The molecule has 0 saturated carbocycles. The molecule has 26 heavy (non-hydrogen) atoms. The maximum atomic E-state index is 13.0. The Morgan fingerprint density at radius 1 is 1.04 bits per heavy atom. The van der Waals surface area contributed by atoms with Crippen molar-refractivity contribution in [2.75, 3.05) is 6.61 Å². The number of nitrogens with one attached hydrogen (secondary N) is 1. The minimum atomic E-state index is -0.586. The van der Waals surface area contributed by atoms with Crippen LogP contribution in [-0.4, -0.2) is 22.4 Å². The van der Waals surface area contributed by atoms with Gasteiger partial charge in [-0.15, -0.1) is 0 Å². The second-order valence-corrected chi connectivity index (χ2v) is 5.73. The third-order valence-electron chi connectivity index (χ3n) is 3.94. The Morgan fingerprint density at radius 3 is 2.23 bits per heavy atom. The largest absolute Gasteiger partial charge is 0.462 e. The molecule has 1 N–H and O–H groups in total. The highest BCUT2D eigenvalue weighted by Gasteiger charge is 2.14. The molecule has 1 heterocycles. The van der Waals surface area contributed by atoms with Crippen LogP contribution in [-0.2, 0) is 11.2 Å². The fraction of sp³-hybridized carbons (Fsp3) is 0.158. The van der Waals surface area contributed by atoms with Crippen LogP contribution in [0.25, 0.3) is 5.69 Å². The molecule has 134 valence electrons. The molecule has 0 aliphatic carbocycles. The van der Waals surface area contributed by atoms with Gasteiger partial charge in [-0.3, -0.25) is 9.89 Å². The number of ether oxygens (including phenoxy) is 1. The quantitative estimate of drug-likeness (QED) is 0.713. The number of rotatable bonds is 5. The maximum absolute atomic E-state index is 13.0. The SMILES string of the molecule is Cc1[nH]n(-c2ccc(F)cc2)c(=O)c1CCOC(=O)c1ccc(F)cc1. The van der Waals surface area contributed by atoms with Gasteiger partial charge in [0.2, 0.25) is 0 Å². The first kappa shape index (κ1) is 17.6. The summed E-state index contributed by atoms with van der Waals surface area (Å²) in [6, 6.07) is 10.5. The number of aromatic amines is 1. The number of benzene rings is 2. The summed E-state index contributed by atoms with van der Waals surface area (Å²) in [6.45, 7) is 1.74. The summed E-state index contributed by atoms with van der Waals surface area (Å²) in [5.74, 6) is -1.42. The Kier molecular flexibility index (Phi) is 4.97. The van der Waals surface area contributed by atoms with E-state index in [-0.39, 0.29) is 24.2 Å². The van der Waals surface area contributed by atoms with Crippen LogP contribution in [0.15, 0.2) is 53.3 Å². The van der Waals surface area contributed by atoms with E-state index in [1.165, 1.54) is 53.2 Å². The van der Waals surface area contributed by atoms with Crippen molar-refractivity contribution in [1.82, 2.24) is 9.78 Å². The minimum absolute atomic E-state index is 0.00750. The Morgan fingerprint density at radius 2 is 1.62 bits per heavy atom. The normalized spacial score (nSPS) is 10.7. The van der Waals surface area contributed by atoms with Crippen molar-refractivity contribution in [3.8, 4) is 5.69 Å². The summed E-state index contributed by atoms with van der Waals surface area (Å²) < 4.78 is 32.3. The van der Waals surface area contributed by atoms with Crippen LogP contribution in [0.2, 0.25) is 0 Å². The van der Waals surface area contributed by atoms with Gasteiger partial charge in [0.1, 0.15) is 11.6 Å². The van der Waals surface area contributed by atoms with Crippen LogP contribution < -0.4 is 5.56 Å². The van der Waals surface area contributed by atoms with Crippen LogP contribution in [0.4, 0.5) is 8.78 Å². The van der Waals surface area contributed by atoms with Gasteiger partial charge >= 0.3 is 5.97 Å². The highest BCUT2D eigenvalue weighted by Crippen LogP contribution is 2.10. The van der Waals surface area contributed by atoms with Gasteiger partial charge in [-0.2, -0.15) is 0 Å². The van der Waals surface area contributed by atoms with Gasteiger partial charge in [0.05, 0.1) is 17.9 Å². The van der Waals surface area contributed by atoms with E-state index in [1.807, 2.05) is 0 Å². The lowest BCUT2D eigenvalue weighted by Crippen LogP contribution is -2.19. The Bertz CT molecular complexity index is 974. The first-order valence-corrected chi connectivity index (χ1v) is 7.95. The maximum Gasteiger partial charge on any atom is 0.338 e. The minimum Gasteiger partial charge on any atom is -0.462 e. The monoisotopic (exact) mass is 358 g/mol. The number of nitrogens with zero attached hydrogens (tertiary/aromatic N) is 1. The molecule has 0 bridgehead atoms. The van der Waals surface area contributed by atoms with E-state index in [9.17, 15) is 18.4 Å². The lowest BCUT2D eigenvalue weighted by Gasteiger charge is -2.04. The zero-order valence-electron chi connectivity index (χ0n) is 14.0. The second kappa shape index (κ2) is 7.35. The van der Waals surface area contributed by atoms with Crippen LogP contribution >= 0.6 is 0 Å². The third-order valence-corrected chi connectivity index (χ3v) is 3.94. The first-order chi connectivity index (χ1) is 12.5. The number of aryl methyl sites for hydroxylation is 1. The number of hydrogen-bond acceptors (Lipinski definition) is 3. The Hall–Kier alpha value is -3.22. The van der Waals surface area contributed by atoms with Crippen molar-refractivity contribution >= 4 is 5.97 Å². The van der Waals surface area contributed by atoms with E-state index >= 15 is 0 Å². The number of halogens is 2. The van der Waals surface area contributed by atoms with Crippen molar-refractivity contribution in [3.63, 3.8) is 0 Å². The molecule has 0 radical (unpaired) electrons. The third kappa shape index (κ3) is 3.72. The molecule has 0 unspecified atom stereocenters. The summed E-state index contributed by atoms with van der Waals surface area (Å²) in [4.78, 5) is 24.4. The molecular weight excluding hydrogens is 342 g/mol. The summed E-state index contributed by atoms with van der Waals surface area (Å²) in [7, 11) is 0. The molecule has 3 rings (SSSR count). The highest BCUT2D eigenvalue weighted by atomic mass is 19.1. The predicted octanol–water partition coefficient (Wildman–Crippen LogP) is 3.15. The van der Waals surface area contributed by atoms with Crippen molar-refractivity contribution in [2.45, 2.75) is 13.3 Å². The van der Waals surface area contributed by atoms with Crippen LogP contribution in [0.5, 0.6) is 0 Å². The van der Waals surface area contributed by atoms with Gasteiger partial charge in [0, 0.05) is 17.7 Å². The van der Waals surface area contributed by atoms with Crippen LogP contribution in [0.3, 0.4) is 0 Å². The summed E-state index contributed by atoms with van der Waals surface area (Å²) >= 11 is 0. The zero-order valence-corrected chi connectivity index (χ0v) is 14.0. The van der Waals surface area contributed by atoms with E-state index in [2.05, 4.69) is 5.10 Å². The van der Waals surface area contributed by atoms with Crippen LogP contribution in [0, 0.1) is 18.6 Å². The van der Waals surface area contributed by atoms with Gasteiger partial charge in [0.15, 0.2) is 0 Å². The molecule has 0 saturated heterocycles. The Labute approximate surface area is 147 Å². The molecule has 0 spiro atoms.